The number of amides is 1. The van der Waals surface area contributed by atoms with E-state index in [1.54, 1.807) is 30.3 Å². The number of halogens is 1. The molecule has 2 aromatic rings. The molecule has 0 saturated carbocycles. The normalized spacial score (nSPS) is 10.2. The van der Waals surface area contributed by atoms with Crippen molar-refractivity contribution < 1.29 is 14.5 Å². The Kier molecular flexibility index (Phi) is 5.84. The Hall–Kier alpha value is -2.25. The second-order valence-electron chi connectivity index (χ2n) is 4.43. The molecule has 0 radical (unpaired) electrons. The first-order valence-corrected chi connectivity index (χ1v) is 7.86. The lowest BCUT2D eigenvalue weighted by atomic mass is 10.3. The number of carbonyl (C=O) groups excluding carboxylic acids is 1. The van der Waals surface area contributed by atoms with Crippen LogP contribution in [0.5, 0.6) is 5.75 Å². The Labute approximate surface area is 141 Å². The van der Waals surface area contributed by atoms with Gasteiger partial charge in [0.25, 0.3) is 5.69 Å². The number of thioether (sulfide) groups is 1. The van der Waals surface area contributed by atoms with Crippen LogP contribution < -0.4 is 10.1 Å². The SMILES string of the molecule is COc1ccc(Cl)cc1NC(=O)CSc1ccc([N+](=O)[O-])cc1. The number of hydrogen-bond acceptors (Lipinski definition) is 5. The molecule has 0 heterocycles. The molecule has 120 valence electrons. The summed E-state index contributed by atoms with van der Waals surface area (Å²) in [7, 11) is 1.50. The minimum Gasteiger partial charge on any atom is -0.495 e. The summed E-state index contributed by atoms with van der Waals surface area (Å²) < 4.78 is 5.16. The van der Waals surface area contributed by atoms with Gasteiger partial charge in [-0.05, 0) is 30.3 Å². The van der Waals surface area contributed by atoms with Crippen LogP contribution in [0.4, 0.5) is 11.4 Å². The van der Waals surface area contributed by atoms with E-state index in [1.165, 1.54) is 31.0 Å². The Bertz CT molecular complexity index is 722. The minimum absolute atomic E-state index is 0.0162. The zero-order chi connectivity index (χ0) is 16.8. The van der Waals surface area contributed by atoms with Gasteiger partial charge in [0, 0.05) is 22.1 Å². The van der Waals surface area contributed by atoms with Gasteiger partial charge in [0.2, 0.25) is 5.91 Å². The number of hydrogen-bond donors (Lipinski definition) is 1. The van der Waals surface area contributed by atoms with Gasteiger partial charge >= 0.3 is 0 Å². The molecule has 8 heteroatoms. The number of carbonyl (C=O) groups is 1. The monoisotopic (exact) mass is 352 g/mol. The largest absolute Gasteiger partial charge is 0.495 e. The van der Waals surface area contributed by atoms with Gasteiger partial charge in [0.15, 0.2) is 0 Å². The average Bonchev–Trinajstić information content (AvgIpc) is 2.53. The van der Waals surface area contributed by atoms with E-state index in [0.717, 1.165) is 4.90 Å². The molecule has 2 aromatic carbocycles. The van der Waals surface area contributed by atoms with E-state index in [4.69, 9.17) is 16.3 Å². The van der Waals surface area contributed by atoms with Gasteiger partial charge in [-0.3, -0.25) is 14.9 Å². The zero-order valence-electron chi connectivity index (χ0n) is 12.1. The summed E-state index contributed by atoms with van der Waals surface area (Å²) in [5.41, 5.74) is 0.511. The van der Waals surface area contributed by atoms with Crippen LogP contribution in [-0.2, 0) is 4.79 Å². The molecule has 0 spiro atoms. The highest BCUT2D eigenvalue weighted by molar-refractivity contribution is 8.00. The van der Waals surface area contributed by atoms with Crippen LogP contribution in [0.1, 0.15) is 0 Å². The average molecular weight is 353 g/mol. The van der Waals surface area contributed by atoms with Gasteiger partial charge in [-0.1, -0.05) is 11.6 Å². The van der Waals surface area contributed by atoms with Crippen molar-refractivity contribution in [2.75, 3.05) is 18.2 Å². The Morgan fingerprint density at radius 3 is 2.61 bits per heavy atom. The van der Waals surface area contributed by atoms with Gasteiger partial charge in [0.1, 0.15) is 5.75 Å². The van der Waals surface area contributed by atoms with E-state index in [0.29, 0.717) is 16.5 Å². The minimum atomic E-state index is -0.466. The lowest BCUT2D eigenvalue weighted by Crippen LogP contribution is -2.14. The number of rotatable bonds is 6. The summed E-state index contributed by atoms with van der Waals surface area (Å²) >= 11 is 7.18. The summed E-state index contributed by atoms with van der Waals surface area (Å²) in [6.45, 7) is 0. The van der Waals surface area contributed by atoms with Crippen LogP contribution in [0.3, 0.4) is 0 Å². The fourth-order valence-electron chi connectivity index (χ4n) is 1.78. The van der Waals surface area contributed by atoms with Crippen molar-refractivity contribution in [3.05, 3.63) is 57.6 Å². The number of methoxy groups -OCH3 is 1. The fourth-order valence-corrected chi connectivity index (χ4v) is 2.65. The van der Waals surface area contributed by atoms with Gasteiger partial charge in [-0.15, -0.1) is 11.8 Å². The van der Waals surface area contributed by atoms with Crippen molar-refractivity contribution >= 4 is 40.6 Å². The van der Waals surface area contributed by atoms with E-state index in [1.807, 2.05) is 0 Å². The maximum Gasteiger partial charge on any atom is 0.269 e. The molecule has 6 nitrogen and oxygen atoms in total. The Balaban J connectivity index is 1.95. The van der Waals surface area contributed by atoms with Gasteiger partial charge in [-0.25, -0.2) is 0 Å². The fraction of sp³-hybridized carbons (Fsp3) is 0.133. The number of ether oxygens (including phenoxy) is 1. The van der Waals surface area contributed by atoms with Crippen LogP contribution in [0.15, 0.2) is 47.4 Å². The van der Waals surface area contributed by atoms with Crippen molar-refractivity contribution in [2.24, 2.45) is 0 Å². The van der Waals surface area contributed by atoms with Gasteiger partial charge in [-0.2, -0.15) is 0 Å². The number of nitrogens with one attached hydrogen (secondary N) is 1. The predicted molar refractivity (Wildman–Crippen MR) is 90.5 cm³/mol. The lowest BCUT2D eigenvalue weighted by Gasteiger charge is -2.10. The quantitative estimate of drug-likeness (QED) is 0.483. The smallest absolute Gasteiger partial charge is 0.269 e. The first kappa shape index (κ1) is 17.1. The third kappa shape index (κ3) is 4.87. The Morgan fingerprint density at radius 2 is 2.00 bits per heavy atom. The number of nitrogens with zero attached hydrogens (tertiary/aromatic N) is 1. The van der Waals surface area contributed by atoms with Crippen LogP contribution >= 0.6 is 23.4 Å². The number of non-ortho nitro benzene ring substituents is 1. The van der Waals surface area contributed by atoms with Crippen molar-refractivity contribution in [3.63, 3.8) is 0 Å². The van der Waals surface area contributed by atoms with Crippen molar-refractivity contribution in [2.45, 2.75) is 4.90 Å². The van der Waals surface area contributed by atoms with Crippen LogP contribution in [0, 0.1) is 10.1 Å². The van der Waals surface area contributed by atoms with Crippen LogP contribution in [0.25, 0.3) is 0 Å². The molecule has 1 N–H and O–H groups in total. The summed E-state index contributed by atoms with van der Waals surface area (Å²) in [6.07, 6.45) is 0. The molecule has 2 rings (SSSR count). The molecule has 0 unspecified atom stereocenters. The van der Waals surface area contributed by atoms with E-state index < -0.39 is 4.92 Å². The third-order valence-electron chi connectivity index (χ3n) is 2.85. The van der Waals surface area contributed by atoms with Gasteiger partial charge in [0.05, 0.1) is 23.5 Å². The molecule has 0 atom stereocenters. The van der Waals surface area contributed by atoms with Crippen molar-refractivity contribution in [1.29, 1.82) is 0 Å². The molecule has 0 aromatic heterocycles. The highest BCUT2D eigenvalue weighted by atomic mass is 35.5. The number of nitro groups is 1. The van der Waals surface area contributed by atoms with Crippen molar-refractivity contribution in [1.82, 2.24) is 0 Å². The first-order chi connectivity index (χ1) is 11.0. The van der Waals surface area contributed by atoms with E-state index in [-0.39, 0.29) is 17.3 Å². The summed E-state index contributed by atoms with van der Waals surface area (Å²) in [5, 5.41) is 13.8. The van der Waals surface area contributed by atoms with E-state index in [2.05, 4.69) is 5.32 Å². The molecule has 1 amide bonds. The highest BCUT2D eigenvalue weighted by Crippen LogP contribution is 2.28. The maximum atomic E-state index is 12.0. The van der Waals surface area contributed by atoms with E-state index in [9.17, 15) is 14.9 Å². The third-order valence-corrected chi connectivity index (χ3v) is 4.10. The second-order valence-corrected chi connectivity index (χ2v) is 5.92. The summed E-state index contributed by atoms with van der Waals surface area (Å²) in [6, 6.07) is 11.0. The van der Waals surface area contributed by atoms with Crippen molar-refractivity contribution in [3.8, 4) is 5.75 Å². The molecule has 0 aliphatic heterocycles. The summed E-state index contributed by atoms with van der Waals surface area (Å²) in [4.78, 5) is 22.9. The molecule has 0 saturated heterocycles. The molecule has 0 aliphatic carbocycles. The second kappa shape index (κ2) is 7.85. The molecule has 0 bridgehead atoms. The molecular formula is C15H13ClN2O4S. The number of nitro benzene ring substituents is 1. The molecule has 0 fully saturated rings. The predicted octanol–water partition coefficient (Wildman–Crippen LogP) is 3.99. The first-order valence-electron chi connectivity index (χ1n) is 6.50. The molecule has 0 aliphatic rings. The topological polar surface area (TPSA) is 81.5 Å². The number of anilines is 1. The van der Waals surface area contributed by atoms with Crippen LogP contribution in [-0.4, -0.2) is 23.7 Å². The maximum absolute atomic E-state index is 12.0. The molecule has 23 heavy (non-hydrogen) atoms. The van der Waals surface area contributed by atoms with Gasteiger partial charge < -0.3 is 10.1 Å². The summed E-state index contributed by atoms with van der Waals surface area (Å²) in [5.74, 6) is 0.449. The Morgan fingerprint density at radius 1 is 1.30 bits per heavy atom. The zero-order valence-corrected chi connectivity index (χ0v) is 13.7. The highest BCUT2D eigenvalue weighted by Gasteiger charge is 2.10. The number of benzene rings is 2. The van der Waals surface area contributed by atoms with E-state index >= 15 is 0 Å². The van der Waals surface area contributed by atoms with Crippen LogP contribution in [0.2, 0.25) is 5.02 Å². The molecular weight excluding hydrogens is 340 g/mol. The standard InChI is InChI=1S/C15H13ClN2O4S/c1-22-14-7-2-10(16)8-13(14)17-15(19)9-23-12-5-3-11(4-6-12)18(20)21/h2-8H,9H2,1H3,(H,17,19). The lowest BCUT2D eigenvalue weighted by molar-refractivity contribution is -0.384.